The molecule has 174 valence electrons. The van der Waals surface area contributed by atoms with Crippen LogP contribution in [0.3, 0.4) is 0 Å². The lowest BCUT2D eigenvalue weighted by atomic mass is 10.1. The number of rotatable bonds is 20. The number of quaternary nitrogens is 1. The van der Waals surface area contributed by atoms with Crippen LogP contribution in [0.5, 0.6) is 0 Å². The van der Waals surface area contributed by atoms with Crippen molar-refractivity contribution in [2.45, 2.75) is 96.8 Å². The maximum absolute atomic E-state index is 11.8. The number of esters is 1. The monoisotopic (exact) mass is 436 g/mol. The summed E-state index contributed by atoms with van der Waals surface area (Å²) in [5.74, 6) is -0.319. The van der Waals surface area contributed by atoms with Gasteiger partial charge in [-0.3, -0.25) is 9.35 Å². The van der Waals surface area contributed by atoms with E-state index in [0.717, 1.165) is 25.8 Å². The second-order valence-electron chi connectivity index (χ2n) is 8.88. The van der Waals surface area contributed by atoms with Crippen LogP contribution in [0.25, 0.3) is 0 Å². The Morgan fingerprint density at radius 3 is 1.79 bits per heavy atom. The fraction of sp³-hybridized carbons (Fsp3) is 0.955. The normalized spacial score (nSPS) is 12.3. The summed E-state index contributed by atoms with van der Waals surface area (Å²) in [5, 5.41) is 0. The van der Waals surface area contributed by atoms with Crippen LogP contribution in [0.4, 0.5) is 0 Å². The Morgan fingerprint density at radius 1 is 0.793 bits per heavy atom. The highest BCUT2D eigenvalue weighted by atomic mass is 32.2. The van der Waals surface area contributed by atoms with E-state index in [1.165, 1.54) is 57.8 Å². The van der Waals surface area contributed by atoms with E-state index in [1.807, 2.05) is 14.1 Å². The lowest BCUT2D eigenvalue weighted by Gasteiger charge is -2.29. The molecule has 0 bridgehead atoms. The zero-order chi connectivity index (χ0) is 22.0. The van der Waals surface area contributed by atoms with E-state index in [1.54, 1.807) is 0 Å². The van der Waals surface area contributed by atoms with Crippen molar-refractivity contribution in [1.29, 1.82) is 0 Å². The molecule has 0 fully saturated rings. The summed E-state index contributed by atoms with van der Waals surface area (Å²) in [6, 6.07) is 0. The number of carbonyl (C=O) groups excluding carboxylic acids is 1. The molecule has 0 aliphatic heterocycles. The Morgan fingerprint density at radius 2 is 1.28 bits per heavy atom. The molecular formula is C22H46NO5S+. The van der Waals surface area contributed by atoms with Gasteiger partial charge in [0, 0.05) is 19.3 Å². The van der Waals surface area contributed by atoms with Crippen molar-refractivity contribution in [2.75, 3.05) is 39.5 Å². The SMILES string of the molecule is CCCCCCCCCCCCCC(=O)OCCC[N+](C)(C)CCCS(=O)(=O)O. The van der Waals surface area contributed by atoms with E-state index in [2.05, 4.69) is 6.92 Å². The third kappa shape index (κ3) is 21.9. The largest absolute Gasteiger partial charge is 0.465 e. The van der Waals surface area contributed by atoms with Gasteiger partial charge in [0.05, 0.1) is 39.5 Å². The van der Waals surface area contributed by atoms with E-state index >= 15 is 0 Å². The summed E-state index contributed by atoms with van der Waals surface area (Å²) in [6.07, 6.45) is 15.6. The van der Waals surface area contributed by atoms with E-state index < -0.39 is 10.1 Å². The Kier molecular flexibility index (Phi) is 16.7. The van der Waals surface area contributed by atoms with Crippen molar-refractivity contribution in [3.63, 3.8) is 0 Å². The van der Waals surface area contributed by atoms with E-state index in [4.69, 9.17) is 9.29 Å². The van der Waals surface area contributed by atoms with Crippen LogP contribution < -0.4 is 0 Å². The molecule has 0 atom stereocenters. The zero-order valence-electron chi connectivity index (χ0n) is 19.2. The second kappa shape index (κ2) is 17.1. The van der Waals surface area contributed by atoms with Crippen LogP contribution in [-0.2, 0) is 19.6 Å². The average Bonchev–Trinajstić information content (AvgIpc) is 2.62. The summed E-state index contributed by atoms with van der Waals surface area (Å²) < 4.78 is 36.2. The molecule has 0 unspecified atom stereocenters. The highest BCUT2D eigenvalue weighted by Crippen LogP contribution is 2.12. The molecule has 6 nitrogen and oxygen atoms in total. The molecule has 0 aliphatic rings. The van der Waals surface area contributed by atoms with Crippen molar-refractivity contribution < 1.29 is 27.0 Å². The van der Waals surface area contributed by atoms with E-state index in [0.29, 0.717) is 30.5 Å². The Balaban J connectivity index is 3.49. The molecule has 7 heteroatoms. The number of nitrogens with zero attached hydrogens (tertiary/aromatic N) is 1. The van der Waals surface area contributed by atoms with Gasteiger partial charge in [-0.05, 0) is 6.42 Å². The fourth-order valence-electron chi connectivity index (χ4n) is 3.47. The van der Waals surface area contributed by atoms with Crippen LogP contribution in [0.1, 0.15) is 96.8 Å². The zero-order valence-corrected chi connectivity index (χ0v) is 20.0. The second-order valence-corrected chi connectivity index (χ2v) is 10.5. The van der Waals surface area contributed by atoms with Gasteiger partial charge in [0.25, 0.3) is 10.1 Å². The molecule has 0 radical (unpaired) electrons. The van der Waals surface area contributed by atoms with Crippen molar-refractivity contribution in [3.8, 4) is 0 Å². The topological polar surface area (TPSA) is 80.7 Å². The van der Waals surface area contributed by atoms with Gasteiger partial charge >= 0.3 is 5.97 Å². The fourth-order valence-corrected chi connectivity index (χ4v) is 3.96. The lowest BCUT2D eigenvalue weighted by molar-refractivity contribution is -0.890. The summed E-state index contributed by atoms with van der Waals surface area (Å²) >= 11 is 0. The minimum absolute atomic E-state index is 0.113. The third-order valence-corrected chi connectivity index (χ3v) is 6.13. The molecule has 0 aromatic rings. The number of hydrogen-bond acceptors (Lipinski definition) is 4. The van der Waals surface area contributed by atoms with E-state index in [9.17, 15) is 13.2 Å². The number of carbonyl (C=O) groups is 1. The summed E-state index contributed by atoms with van der Waals surface area (Å²) in [7, 11) is 0.137. The summed E-state index contributed by atoms with van der Waals surface area (Å²) in [4.78, 5) is 11.8. The molecule has 0 aromatic heterocycles. The predicted octanol–water partition coefficient (Wildman–Crippen LogP) is 4.98. The molecular weight excluding hydrogens is 390 g/mol. The van der Waals surface area contributed by atoms with Crippen molar-refractivity contribution >= 4 is 16.1 Å². The van der Waals surface area contributed by atoms with Crippen LogP contribution in [0, 0.1) is 0 Å². The molecule has 1 N–H and O–H groups in total. The van der Waals surface area contributed by atoms with E-state index in [-0.39, 0.29) is 11.7 Å². The van der Waals surface area contributed by atoms with Crippen LogP contribution >= 0.6 is 0 Å². The predicted molar refractivity (Wildman–Crippen MR) is 120 cm³/mol. The first-order valence-corrected chi connectivity index (χ1v) is 13.2. The van der Waals surface area contributed by atoms with Gasteiger partial charge in [0.2, 0.25) is 0 Å². The van der Waals surface area contributed by atoms with Crippen LogP contribution in [0.2, 0.25) is 0 Å². The highest BCUT2D eigenvalue weighted by molar-refractivity contribution is 7.85. The third-order valence-electron chi connectivity index (χ3n) is 5.32. The van der Waals surface area contributed by atoms with Crippen molar-refractivity contribution in [2.24, 2.45) is 0 Å². The first kappa shape index (κ1) is 28.3. The minimum Gasteiger partial charge on any atom is -0.465 e. The Bertz CT molecular complexity index is 505. The van der Waals surface area contributed by atoms with Gasteiger partial charge < -0.3 is 9.22 Å². The lowest BCUT2D eigenvalue weighted by Crippen LogP contribution is -2.42. The Labute approximate surface area is 179 Å². The maximum Gasteiger partial charge on any atom is 0.305 e. The van der Waals surface area contributed by atoms with Gasteiger partial charge in [0.1, 0.15) is 0 Å². The van der Waals surface area contributed by atoms with Gasteiger partial charge in [-0.25, -0.2) is 0 Å². The van der Waals surface area contributed by atoms with Gasteiger partial charge in [0.15, 0.2) is 0 Å². The van der Waals surface area contributed by atoms with Crippen molar-refractivity contribution in [1.82, 2.24) is 0 Å². The van der Waals surface area contributed by atoms with Gasteiger partial charge in [-0.2, -0.15) is 8.42 Å². The first-order valence-electron chi connectivity index (χ1n) is 11.6. The molecule has 0 aromatic carbocycles. The first-order chi connectivity index (χ1) is 13.7. The Hall–Kier alpha value is -0.660. The molecule has 29 heavy (non-hydrogen) atoms. The standard InChI is InChI=1S/C22H45NO5S/c1-4-5-6-7-8-9-10-11-12-13-14-17-22(24)28-20-15-18-23(2,3)19-16-21-29(25,26)27/h4-21H2,1-3H3/p+1. The maximum atomic E-state index is 11.8. The molecule has 0 saturated carbocycles. The summed E-state index contributed by atoms with van der Waals surface area (Å²) in [6.45, 7) is 4.12. The van der Waals surface area contributed by atoms with Crippen LogP contribution in [0.15, 0.2) is 0 Å². The summed E-state index contributed by atoms with van der Waals surface area (Å²) in [5.41, 5.74) is 0. The molecule has 0 aliphatic carbocycles. The highest BCUT2D eigenvalue weighted by Gasteiger charge is 2.16. The van der Waals surface area contributed by atoms with Crippen molar-refractivity contribution in [3.05, 3.63) is 0 Å². The smallest absolute Gasteiger partial charge is 0.305 e. The number of unbranched alkanes of at least 4 members (excludes halogenated alkanes) is 10. The van der Waals surface area contributed by atoms with Gasteiger partial charge in [-0.15, -0.1) is 0 Å². The van der Waals surface area contributed by atoms with Gasteiger partial charge in [-0.1, -0.05) is 71.1 Å². The molecule has 0 rings (SSSR count). The molecule has 0 saturated heterocycles. The molecule has 0 amide bonds. The molecule has 0 heterocycles. The molecule has 0 spiro atoms. The minimum atomic E-state index is -3.88. The number of hydrogen-bond donors (Lipinski definition) is 1. The average molecular weight is 437 g/mol. The van der Waals surface area contributed by atoms with Crippen LogP contribution in [-0.4, -0.2) is 63.0 Å². The quantitative estimate of drug-likeness (QED) is 0.126. The number of ether oxygens (including phenoxy) is 1.